The first-order valence-corrected chi connectivity index (χ1v) is 4.87. The summed E-state index contributed by atoms with van der Waals surface area (Å²) < 4.78 is 0. The summed E-state index contributed by atoms with van der Waals surface area (Å²) in [5.41, 5.74) is -0.388. The zero-order valence-corrected chi connectivity index (χ0v) is 8.71. The summed E-state index contributed by atoms with van der Waals surface area (Å²) in [6.07, 6.45) is 0.777. The molecule has 0 bridgehead atoms. The molecule has 0 aromatic heterocycles. The van der Waals surface area contributed by atoms with Gasteiger partial charge in [0.25, 0.3) is 0 Å². The second-order valence-corrected chi connectivity index (χ2v) is 3.16. The number of thiol groups is 2. The SMILES string of the molecule is CCC(CS)(CS)C(=O)NC. The summed E-state index contributed by atoms with van der Waals surface area (Å²) in [6.45, 7) is 1.97. The van der Waals surface area contributed by atoms with Crippen molar-refractivity contribution < 1.29 is 4.79 Å². The van der Waals surface area contributed by atoms with Gasteiger partial charge >= 0.3 is 0 Å². The Hall–Kier alpha value is 0.170. The fourth-order valence-corrected chi connectivity index (χ4v) is 1.98. The summed E-state index contributed by atoms with van der Waals surface area (Å²) in [5.74, 6) is 1.13. The van der Waals surface area contributed by atoms with Crippen LogP contribution in [0.25, 0.3) is 0 Å². The van der Waals surface area contributed by atoms with E-state index in [4.69, 9.17) is 0 Å². The van der Waals surface area contributed by atoms with Crippen LogP contribution in [0.2, 0.25) is 0 Å². The summed E-state index contributed by atoms with van der Waals surface area (Å²) in [7, 11) is 1.64. The minimum Gasteiger partial charge on any atom is -0.359 e. The van der Waals surface area contributed by atoms with Crippen molar-refractivity contribution in [1.29, 1.82) is 0 Å². The van der Waals surface area contributed by atoms with Crippen molar-refractivity contribution in [3.63, 3.8) is 0 Å². The van der Waals surface area contributed by atoms with E-state index in [0.29, 0.717) is 11.5 Å². The molecule has 0 unspecified atom stereocenters. The second-order valence-electron chi connectivity index (χ2n) is 2.53. The maximum Gasteiger partial charge on any atom is 0.227 e. The fourth-order valence-electron chi connectivity index (χ4n) is 0.843. The topological polar surface area (TPSA) is 29.1 Å². The van der Waals surface area contributed by atoms with E-state index < -0.39 is 0 Å². The molecule has 0 rings (SSSR count). The zero-order valence-electron chi connectivity index (χ0n) is 6.92. The monoisotopic (exact) mass is 193 g/mol. The maximum absolute atomic E-state index is 11.3. The third-order valence-electron chi connectivity index (χ3n) is 1.99. The number of rotatable bonds is 4. The Morgan fingerprint density at radius 3 is 2.00 bits per heavy atom. The lowest BCUT2D eigenvalue weighted by molar-refractivity contribution is -0.128. The predicted octanol–water partition coefficient (Wildman–Crippen LogP) is 0.988. The van der Waals surface area contributed by atoms with Gasteiger partial charge in [0.15, 0.2) is 0 Å². The highest BCUT2D eigenvalue weighted by atomic mass is 32.1. The second kappa shape index (κ2) is 4.93. The van der Waals surface area contributed by atoms with Gasteiger partial charge in [0, 0.05) is 18.6 Å². The average Bonchev–Trinajstić information content (AvgIpc) is 2.08. The molecule has 0 saturated carbocycles. The molecule has 0 atom stereocenters. The van der Waals surface area contributed by atoms with Crippen molar-refractivity contribution in [3.05, 3.63) is 0 Å². The minimum absolute atomic E-state index is 0.0324. The molecule has 0 radical (unpaired) electrons. The molecule has 0 aliphatic rings. The van der Waals surface area contributed by atoms with Gasteiger partial charge in [0.1, 0.15) is 0 Å². The van der Waals surface area contributed by atoms with Crippen LogP contribution < -0.4 is 5.32 Å². The Morgan fingerprint density at radius 1 is 1.45 bits per heavy atom. The number of hydrogen-bond donors (Lipinski definition) is 3. The Bertz CT molecular complexity index is 126. The smallest absolute Gasteiger partial charge is 0.227 e. The lowest BCUT2D eigenvalue weighted by Gasteiger charge is -2.26. The number of carbonyl (C=O) groups excluding carboxylic acids is 1. The Balaban J connectivity index is 4.39. The van der Waals surface area contributed by atoms with Crippen LogP contribution in [-0.2, 0) is 4.79 Å². The Labute approximate surface area is 79.0 Å². The largest absolute Gasteiger partial charge is 0.359 e. The van der Waals surface area contributed by atoms with Crippen molar-refractivity contribution in [2.75, 3.05) is 18.6 Å². The average molecular weight is 193 g/mol. The van der Waals surface area contributed by atoms with Crippen LogP contribution in [0.1, 0.15) is 13.3 Å². The highest BCUT2D eigenvalue weighted by Gasteiger charge is 2.32. The number of amides is 1. The third kappa shape index (κ3) is 2.30. The summed E-state index contributed by atoms with van der Waals surface area (Å²) in [6, 6.07) is 0. The third-order valence-corrected chi connectivity index (χ3v) is 3.20. The number of hydrogen-bond acceptors (Lipinski definition) is 3. The van der Waals surface area contributed by atoms with Gasteiger partial charge in [-0.3, -0.25) is 4.79 Å². The van der Waals surface area contributed by atoms with Gasteiger partial charge in [0.2, 0.25) is 5.91 Å². The van der Waals surface area contributed by atoms with Gasteiger partial charge in [0.05, 0.1) is 5.41 Å². The molecule has 1 N–H and O–H groups in total. The summed E-state index contributed by atoms with van der Waals surface area (Å²) in [5, 5.41) is 2.62. The fraction of sp³-hybridized carbons (Fsp3) is 0.857. The van der Waals surface area contributed by atoms with E-state index in [9.17, 15) is 4.79 Å². The molecule has 0 heterocycles. The molecule has 0 aliphatic heterocycles. The van der Waals surface area contributed by atoms with E-state index in [2.05, 4.69) is 30.6 Å². The van der Waals surface area contributed by atoms with Crippen molar-refractivity contribution in [1.82, 2.24) is 5.32 Å². The molecule has 0 spiro atoms. The van der Waals surface area contributed by atoms with E-state index in [0.717, 1.165) is 6.42 Å². The van der Waals surface area contributed by atoms with Gasteiger partial charge in [-0.05, 0) is 6.42 Å². The van der Waals surface area contributed by atoms with Crippen molar-refractivity contribution in [2.45, 2.75) is 13.3 Å². The van der Waals surface area contributed by atoms with E-state index in [1.165, 1.54) is 0 Å². The van der Waals surface area contributed by atoms with Crippen LogP contribution in [0, 0.1) is 5.41 Å². The lowest BCUT2D eigenvalue weighted by Crippen LogP contribution is -2.41. The molecular formula is C7H15NOS2. The molecule has 0 saturated heterocycles. The lowest BCUT2D eigenvalue weighted by atomic mass is 9.88. The van der Waals surface area contributed by atoms with Gasteiger partial charge in [-0.25, -0.2) is 0 Å². The molecule has 0 aliphatic carbocycles. The first kappa shape index (κ1) is 11.2. The van der Waals surface area contributed by atoms with E-state index in [1.807, 2.05) is 6.92 Å². The summed E-state index contributed by atoms with van der Waals surface area (Å²) >= 11 is 8.29. The molecule has 4 heteroatoms. The van der Waals surface area contributed by atoms with Crippen molar-refractivity contribution >= 4 is 31.2 Å². The predicted molar refractivity (Wildman–Crippen MR) is 54.5 cm³/mol. The number of nitrogens with one attached hydrogen (secondary N) is 1. The normalized spacial score (nSPS) is 11.3. The first-order chi connectivity index (χ1) is 5.16. The van der Waals surface area contributed by atoms with Gasteiger partial charge in [-0.2, -0.15) is 25.3 Å². The Morgan fingerprint density at radius 2 is 1.91 bits per heavy atom. The van der Waals surface area contributed by atoms with Gasteiger partial charge in [-0.15, -0.1) is 0 Å². The van der Waals surface area contributed by atoms with Crippen LogP contribution in [0.3, 0.4) is 0 Å². The molecule has 2 nitrogen and oxygen atoms in total. The van der Waals surface area contributed by atoms with Crippen molar-refractivity contribution in [2.24, 2.45) is 5.41 Å². The van der Waals surface area contributed by atoms with Crippen LogP contribution >= 0.6 is 25.3 Å². The molecule has 11 heavy (non-hydrogen) atoms. The molecular weight excluding hydrogens is 178 g/mol. The van der Waals surface area contributed by atoms with Crippen LogP contribution in [0.15, 0.2) is 0 Å². The van der Waals surface area contributed by atoms with E-state index in [-0.39, 0.29) is 11.3 Å². The maximum atomic E-state index is 11.3. The highest BCUT2D eigenvalue weighted by Crippen LogP contribution is 2.25. The molecule has 66 valence electrons. The van der Waals surface area contributed by atoms with Gasteiger partial charge < -0.3 is 5.32 Å². The standard InChI is InChI=1S/C7H15NOS2/c1-3-7(4-10,5-11)6(9)8-2/h10-11H,3-5H2,1-2H3,(H,8,9). The van der Waals surface area contributed by atoms with Crippen molar-refractivity contribution in [3.8, 4) is 0 Å². The highest BCUT2D eigenvalue weighted by molar-refractivity contribution is 7.81. The Kier molecular flexibility index (Phi) is 5.01. The summed E-state index contributed by atoms with van der Waals surface area (Å²) in [4.78, 5) is 11.3. The molecule has 0 aromatic rings. The van der Waals surface area contributed by atoms with Crippen LogP contribution in [0.4, 0.5) is 0 Å². The van der Waals surface area contributed by atoms with E-state index in [1.54, 1.807) is 7.05 Å². The minimum atomic E-state index is -0.388. The van der Waals surface area contributed by atoms with Crippen LogP contribution in [-0.4, -0.2) is 24.5 Å². The van der Waals surface area contributed by atoms with Gasteiger partial charge in [-0.1, -0.05) is 6.92 Å². The quantitative estimate of drug-likeness (QED) is 0.571. The van der Waals surface area contributed by atoms with Crippen LogP contribution in [0.5, 0.6) is 0 Å². The molecule has 0 fully saturated rings. The first-order valence-electron chi connectivity index (χ1n) is 3.60. The zero-order chi connectivity index (χ0) is 8.91. The van der Waals surface area contributed by atoms with E-state index >= 15 is 0 Å². The molecule has 1 amide bonds. The molecule has 0 aromatic carbocycles. The number of carbonyl (C=O) groups is 1.